The molecule has 1 atom stereocenters. The minimum absolute atomic E-state index is 0.412. The van der Waals surface area contributed by atoms with Crippen LogP contribution >= 0.6 is 23.1 Å². The lowest BCUT2D eigenvalue weighted by atomic mass is 9.99. The first-order valence-electron chi connectivity index (χ1n) is 5.85. The number of thiazole rings is 1. The van der Waals surface area contributed by atoms with E-state index in [0.717, 1.165) is 35.5 Å². The van der Waals surface area contributed by atoms with Crippen LogP contribution in [-0.4, -0.2) is 16.0 Å². The molecule has 2 nitrogen and oxygen atoms in total. The van der Waals surface area contributed by atoms with Crippen LogP contribution in [0.2, 0.25) is 0 Å². The Kier molecular flexibility index (Phi) is 3.16. The fraction of sp³-hybridized carbons (Fsp3) is 0.385. The molecule has 1 aliphatic carbocycles. The van der Waals surface area contributed by atoms with E-state index in [1.165, 1.54) is 4.70 Å². The lowest BCUT2D eigenvalue weighted by molar-refractivity contribution is -0.120. The molecule has 0 amide bonds. The largest absolute Gasteiger partial charge is 0.300 e. The third-order valence-electron chi connectivity index (χ3n) is 2.98. The zero-order chi connectivity index (χ0) is 11.7. The standard InChI is InChI=1S/C13H13NOS2/c15-9-4-3-5-10(8-9)16-13-14-11-6-1-2-7-12(11)17-13/h1-2,6-7,10H,3-5,8H2. The van der Waals surface area contributed by atoms with Gasteiger partial charge in [-0.05, 0) is 25.0 Å². The number of thioether (sulfide) groups is 1. The van der Waals surface area contributed by atoms with Crippen LogP contribution in [0, 0.1) is 0 Å². The molecule has 0 N–H and O–H groups in total. The molecule has 0 aliphatic heterocycles. The van der Waals surface area contributed by atoms with Crippen LogP contribution in [0.15, 0.2) is 28.6 Å². The van der Waals surface area contributed by atoms with Crippen LogP contribution in [0.3, 0.4) is 0 Å². The minimum atomic E-state index is 0.412. The van der Waals surface area contributed by atoms with Crippen LogP contribution in [0.5, 0.6) is 0 Å². The Morgan fingerprint density at radius 3 is 3.06 bits per heavy atom. The topological polar surface area (TPSA) is 30.0 Å². The fourth-order valence-corrected chi connectivity index (χ4v) is 4.69. The second kappa shape index (κ2) is 4.78. The third kappa shape index (κ3) is 2.53. The second-order valence-electron chi connectivity index (χ2n) is 4.32. The lowest BCUT2D eigenvalue weighted by Gasteiger charge is -2.18. The van der Waals surface area contributed by atoms with Gasteiger partial charge in [-0.3, -0.25) is 4.79 Å². The zero-order valence-electron chi connectivity index (χ0n) is 9.39. The number of Topliss-reactive ketones (excluding diaryl/α,β-unsaturated/α-hetero) is 1. The van der Waals surface area contributed by atoms with Gasteiger partial charge in [0.15, 0.2) is 4.34 Å². The molecule has 1 aliphatic rings. The monoisotopic (exact) mass is 263 g/mol. The van der Waals surface area contributed by atoms with Crippen molar-refractivity contribution in [2.24, 2.45) is 0 Å². The number of nitrogens with zero attached hydrogens (tertiary/aromatic N) is 1. The zero-order valence-corrected chi connectivity index (χ0v) is 11.0. The molecular formula is C13H13NOS2. The number of benzene rings is 1. The molecule has 3 rings (SSSR count). The second-order valence-corrected chi connectivity index (χ2v) is 6.90. The van der Waals surface area contributed by atoms with Crippen molar-refractivity contribution in [1.29, 1.82) is 0 Å². The summed E-state index contributed by atoms with van der Waals surface area (Å²) in [5.74, 6) is 0.412. The van der Waals surface area contributed by atoms with E-state index in [9.17, 15) is 4.79 Å². The van der Waals surface area contributed by atoms with Gasteiger partial charge in [0.25, 0.3) is 0 Å². The van der Waals surface area contributed by atoms with Crippen molar-refractivity contribution in [3.63, 3.8) is 0 Å². The van der Waals surface area contributed by atoms with Crippen LogP contribution in [0.4, 0.5) is 0 Å². The van der Waals surface area contributed by atoms with Gasteiger partial charge in [0.2, 0.25) is 0 Å². The summed E-state index contributed by atoms with van der Waals surface area (Å²) in [6.07, 6.45) is 3.69. The average molecular weight is 263 g/mol. The van der Waals surface area contributed by atoms with Gasteiger partial charge in [-0.1, -0.05) is 23.9 Å². The van der Waals surface area contributed by atoms with E-state index in [1.54, 1.807) is 23.1 Å². The molecule has 0 radical (unpaired) electrons. The van der Waals surface area contributed by atoms with Gasteiger partial charge >= 0.3 is 0 Å². The van der Waals surface area contributed by atoms with E-state index in [2.05, 4.69) is 11.1 Å². The summed E-state index contributed by atoms with van der Waals surface area (Å²) in [4.78, 5) is 16.0. The number of aromatic nitrogens is 1. The molecule has 1 unspecified atom stereocenters. The molecule has 1 fully saturated rings. The van der Waals surface area contributed by atoms with Crippen molar-refractivity contribution >= 4 is 39.1 Å². The summed E-state index contributed by atoms with van der Waals surface area (Å²) in [7, 11) is 0. The van der Waals surface area contributed by atoms with Gasteiger partial charge in [-0.15, -0.1) is 11.3 Å². The van der Waals surface area contributed by atoms with Crippen molar-refractivity contribution < 1.29 is 4.79 Å². The van der Waals surface area contributed by atoms with Crippen molar-refractivity contribution in [2.45, 2.75) is 35.3 Å². The highest BCUT2D eigenvalue weighted by molar-refractivity contribution is 8.01. The molecule has 17 heavy (non-hydrogen) atoms. The predicted molar refractivity (Wildman–Crippen MR) is 72.7 cm³/mol. The Bertz CT molecular complexity index is 516. The Hall–Kier alpha value is -0.870. The summed E-state index contributed by atoms with van der Waals surface area (Å²) >= 11 is 3.51. The number of ketones is 1. The smallest absolute Gasteiger partial charge is 0.151 e. The molecule has 88 valence electrons. The first-order chi connectivity index (χ1) is 8.31. The molecule has 0 bridgehead atoms. The highest BCUT2D eigenvalue weighted by Crippen LogP contribution is 2.36. The maximum absolute atomic E-state index is 11.4. The fourth-order valence-electron chi connectivity index (χ4n) is 2.13. The molecule has 1 aromatic heterocycles. The highest BCUT2D eigenvalue weighted by atomic mass is 32.2. The van der Waals surface area contributed by atoms with Gasteiger partial charge in [0.1, 0.15) is 5.78 Å². The Labute approximate surface area is 108 Å². The average Bonchev–Trinajstić information content (AvgIpc) is 2.71. The molecule has 2 aromatic rings. The van der Waals surface area contributed by atoms with E-state index in [1.807, 2.05) is 18.2 Å². The Morgan fingerprint density at radius 1 is 1.35 bits per heavy atom. The van der Waals surface area contributed by atoms with Crippen LogP contribution in [0.25, 0.3) is 10.2 Å². The Balaban J connectivity index is 1.78. The quantitative estimate of drug-likeness (QED) is 0.823. The summed E-state index contributed by atoms with van der Waals surface area (Å²) < 4.78 is 2.34. The highest BCUT2D eigenvalue weighted by Gasteiger charge is 2.21. The molecule has 1 aromatic carbocycles. The lowest BCUT2D eigenvalue weighted by Crippen LogP contribution is -2.16. The van der Waals surface area contributed by atoms with Gasteiger partial charge in [0, 0.05) is 18.1 Å². The number of hydrogen-bond donors (Lipinski definition) is 0. The summed E-state index contributed by atoms with van der Waals surface area (Å²) in [5.41, 5.74) is 1.07. The summed E-state index contributed by atoms with van der Waals surface area (Å²) in [5, 5.41) is 0.441. The van der Waals surface area contributed by atoms with Gasteiger partial charge in [-0.25, -0.2) is 4.98 Å². The molecule has 1 saturated carbocycles. The Morgan fingerprint density at radius 2 is 2.24 bits per heavy atom. The van der Waals surface area contributed by atoms with E-state index >= 15 is 0 Å². The molecule has 0 spiro atoms. The summed E-state index contributed by atoms with van der Waals surface area (Å²) in [6, 6.07) is 8.20. The molecule has 4 heteroatoms. The van der Waals surface area contributed by atoms with Crippen LogP contribution in [0.1, 0.15) is 25.7 Å². The van der Waals surface area contributed by atoms with E-state index in [0.29, 0.717) is 11.0 Å². The first-order valence-corrected chi connectivity index (χ1v) is 7.55. The normalized spacial score (nSPS) is 20.9. The number of carbonyl (C=O) groups is 1. The van der Waals surface area contributed by atoms with Crippen molar-refractivity contribution in [3.8, 4) is 0 Å². The van der Waals surface area contributed by atoms with Crippen molar-refractivity contribution in [3.05, 3.63) is 24.3 Å². The maximum Gasteiger partial charge on any atom is 0.151 e. The van der Waals surface area contributed by atoms with Crippen molar-refractivity contribution in [1.82, 2.24) is 4.98 Å². The number of carbonyl (C=O) groups excluding carboxylic acids is 1. The van der Waals surface area contributed by atoms with Crippen LogP contribution in [-0.2, 0) is 4.79 Å². The number of rotatable bonds is 2. The number of hydrogen-bond acceptors (Lipinski definition) is 4. The summed E-state index contributed by atoms with van der Waals surface area (Å²) in [6.45, 7) is 0. The number of para-hydroxylation sites is 1. The SMILES string of the molecule is O=C1CCCC(Sc2nc3ccccc3s2)C1. The molecule has 1 heterocycles. The minimum Gasteiger partial charge on any atom is -0.300 e. The van der Waals surface area contributed by atoms with Gasteiger partial charge < -0.3 is 0 Å². The van der Waals surface area contributed by atoms with E-state index in [4.69, 9.17) is 0 Å². The third-order valence-corrected chi connectivity index (χ3v) is 5.38. The number of fused-ring (bicyclic) bond motifs is 1. The predicted octanol–water partition coefficient (Wildman–Crippen LogP) is 3.90. The molecule has 0 saturated heterocycles. The van der Waals surface area contributed by atoms with Crippen molar-refractivity contribution in [2.75, 3.05) is 0 Å². The van der Waals surface area contributed by atoms with Crippen LogP contribution < -0.4 is 0 Å². The van der Waals surface area contributed by atoms with Gasteiger partial charge in [0.05, 0.1) is 10.2 Å². The van der Waals surface area contributed by atoms with E-state index < -0.39 is 0 Å². The van der Waals surface area contributed by atoms with Gasteiger partial charge in [-0.2, -0.15) is 0 Å². The van der Waals surface area contributed by atoms with E-state index in [-0.39, 0.29) is 0 Å². The molecular weight excluding hydrogens is 250 g/mol. The first kappa shape index (κ1) is 11.2. The maximum atomic E-state index is 11.4.